The predicted molar refractivity (Wildman–Crippen MR) is 169 cm³/mol. The number of fused-ring (bicyclic) bond motifs is 4. The average molecular weight is 531 g/mol. The van der Waals surface area contributed by atoms with Crippen LogP contribution in [0.3, 0.4) is 0 Å². The van der Waals surface area contributed by atoms with Crippen molar-refractivity contribution in [2.24, 2.45) is 0 Å². The van der Waals surface area contributed by atoms with E-state index in [0.29, 0.717) is 28.1 Å². The van der Waals surface area contributed by atoms with Gasteiger partial charge in [-0.05, 0) is 46.2 Å². The van der Waals surface area contributed by atoms with E-state index in [1.807, 2.05) is 84.9 Å². The summed E-state index contributed by atoms with van der Waals surface area (Å²) >= 11 is 0. The second-order valence-electron chi connectivity index (χ2n) is 9.77. The number of rotatable bonds is 4. The van der Waals surface area contributed by atoms with Crippen LogP contribution in [0.4, 0.5) is 0 Å². The first-order valence-electron chi connectivity index (χ1n) is 16.3. The normalized spacial score (nSPS) is 13.5. The molecule has 0 unspecified atom stereocenters. The standard InChI is InChI=1S/C38H24N2O/c1-2-7-26(8-3-1)35-22-23-36(41-35)27-14-12-25(13-15-27)30-19-20-33(32-11-5-4-10-31(30)32)34-21-18-29-17-16-28-9-6-24-39-37(28)38(29)40-34/h1-24H/i4D,5D,10D,11D,19D,20D. The molecule has 3 nitrogen and oxygen atoms in total. The van der Waals surface area contributed by atoms with Crippen LogP contribution in [0.5, 0.6) is 0 Å². The Balaban J connectivity index is 1.33. The van der Waals surface area contributed by atoms with E-state index in [9.17, 15) is 2.74 Å². The Morgan fingerprint density at radius 3 is 1.93 bits per heavy atom. The molecule has 0 aliphatic heterocycles. The first-order chi connectivity index (χ1) is 22.8. The summed E-state index contributed by atoms with van der Waals surface area (Å²) in [6.07, 6.45) is 1.69. The minimum Gasteiger partial charge on any atom is -0.456 e. The summed E-state index contributed by atoms with van der Waals surface area (Å²) in [5.41, 5.74) is 4.36. The number of benzene rings is 5. The van der Waals surface area contributed by atoms with E-state index in [0.717, 1.165) is 27.7 Å². The van der Waals surface area contributed by atoms with E-state index in [4.69, 9.17) is 14.9 Å². The molecule has 0 bridgehead atoms. The maximum Gasteiger partial charge on any atom is 0.134 e. The van der Waals surface area contributed by atoms with Gasteiger partial charge in [-0.2, -0.15) is 0 Å². The first kappa shape index (κ1) is 17.9. The molecule has 192 valence electrons. The maximum absolute atomic E-state index is 9.22. The number of nitrogens with zero attached hydrogens (tertiary/aromatic N) is 2. The lowest BCUT2D eigenvalue weighted by Crippen LogP contribution is -1.91. The third kappa shape index (κ3) is 4.07. The number of pyridine rings is 2. The Kier molecular flexibility index (Phi) is 4.19. The molecular weight excluding hydrogens is 500 g/mol. The Labute approximate surface area is 245 Å². The van der Waals surface area contributed by atoms with E-state index >= 15 is 0 Å². The molecule has 0 atom stereocenters. The van der Waals surface area contributed by atoms with Gasteiger partial charge in [0.1, 0.15) is 11.5 Å². The van der Waals surface area contributed by atoms with Crippen LogP contribution >= 0.6 is 0 Å². The van der Waals surface area contributed by atoms with Crippen LogP contribution < -0.4 is 0 Å². The highest BCUT2D eigenvalue weighted by Gasteiger charge is 2.13. The van der Waals surface area contributed by atoms with Crippen molar-refractivity contribution >= 4 is 32.6 Å². The summed E-state index contributed by atoms with van der Waals surface area (Å²) in [5, 5.41) is 2.05. The Hall–Kier alpha value is -5.54. The second kappa shape index (κ2) is 9.58. The summed E-state index contributed by atoms with van der Waals surface area (Å²) in [7, 11) is 0. The molecule has 0 amide bonds. The van der Waals surface area contributed by atoms with Crippen LogP contribution in [0, 0.1) is 0 Å². The maximum atomic E-state index is 9.22. The average Bonchev–Trinajstić information content (AvgIpc) is 3.61. The van der Waals surface area contributed by atoms with E-state index in [1.54, 1.807) is 24.4 Å². The highest BCUT2D eigenvalue weighted by Crippen LogP contribution is 2.37. The molecule has 0 aliphatic rings. The van der Waals surface area contributed by atoms with E-state index in [2.05, 4.69) is 4.98 Å². The smallest absolute Gasteiger partial charge is 0.134 e. The molecule has 3 aromatic heterocycles. The van der Waals surface area contributed by atoms with E-state index < -0.39 is 12.1 Å². The van der Waals surface area contributed by atoms with E-state index in [1.165, 1.54) is 0 Å². The minimum absolute atomic E-state index is 0.148. The third-order valence-electron chi connectivity index (χ3n) is 7.31. The van der Waals surface area contributed by atoms with Crippen molar-refractivity contribution in [3.8, 4) is 45.0 Å². The largest absolute Gasteiger partial charge is 0.456 e. The Morgan fingerprint density at radius 1 is 0.512 bits per heavy atom. The lowest BCUT2D eigenvalue weighted by Gasteiger charge is -2.13. The fourth-order valence-corrected chi connectivity index (χ4v) is 5.26. The molecule has 0 radical (unpaired) electrons. The van der Waals surface area contributed by atoms with E-state index in [-0.39, 0.29) is 46.1 Å². The summed E-state index contributed by atoms with van der Waals surface area (Å²) in [4.78, 5) is 9.42. The van der Waals surface area contributed by atoms with Crippen molar-refractivity contribution in [3.05, 3.63) is 146 Å². The van der Waals surface area contributed by atoms with Gasteiger partial charge in [0.25, 0.3) is 0 Å². The topological polar surface area (TPSA) is 38.9 Å². The van der Waals surface area contributed by atoms with Gasteiger partial charge in [0, 0.05) is 33.7 Å². The van der Waals surface area contributed by atoms with Crippen LogP contribution in [0.25, 0.3) is 77.6 Å². The van der Waals surface area contributed by atoms with Crippen molar-refractivity contribution in [2.75, 3.05) is 0 Å². The Bertz CT molecular complexity index is 2530. The summed E-state index contributed by atoms with van der Waals surface area (Å²) in [5.74, 6) is 1.40. The van der Waals surface area contributed by atoms with Gasteiger partial charge in [-0.3, -0.25) is 4.98 Å². The fourth-order valence-electron chi connectivity index (χ4n) is 5.26. The lowest BCUT2D eigenvalue weighted by atomic mass is 9.93. The Morgan fingerprint density at radius 2 is 1.15 bits per heavy atom. The molecule has 0 aliphatic carbocycles. The van der Waals surface area contributed by atoms with Gasteiger partial charge in [0.15, 0.2) is 0 Å². The number of furan rings is 1. The van der Waals surface area contributed by atoms with Gasteiger partial charge >= 0.3 is 0 Å². The van der Waals surface area contributed by atoms with Gasteiger partial charge in [-0.15, -0.1) is 0 Å². The van der Waals surface area contributed by atoms with Crippen LogP contribution in [-0.4, -0.2) is 9.97 Å². The molecule has 41 heavy (non-hydrogen) atoms. The van der Waals surface area contributed by atoms with Crippen molar-refractivity contribution in [1.29, 1.82) is 0 Å². The van der Waals surface area contributed by atoms with Gasteiger partial charge in [0.2, 0.25) is 0 Å². The monoisotopic (exact) mass is 530 g/mol. The number of hydrogen-bond acceptors (Lipinski definition) is 3. The highest BCUT2D eigenvalue weighted by molar-refractivity contribution is 6.07. The predicted octanol–water partition coefficient (Wildman–Crippen LogP) is 10.2. The zero-order valence-corrected chi connectivity index (χ0v) is 21.7. The molecule has 5 aromatic carbocycles. The quantitative estimate of drug-likeness (QED) is 0.213. The minimum atomic E-state index is -0.415. The van der Waals surface area contributed by atoms with Gasteiger partial charge in [-0.1, -0.05) is 115 Å². The molecule has 3 heteroatoms. The molecule has 0 spiro atoms. The molecule has 0 fully saturated rings. The van der Waals surface area contributed by atoms with Gasteiger partial charge in [0.05, 0.1) is 25.0 Å². The number of hydrogen-bond donors (Lipinski definition) is 0. The van der Waals surface area contributed by atoms with Gasteiger partial charge in [-0.25, -0.2) is 4.98 Å². The summed E-state index contributed by atoms with van der Waals surface area (Å²) < 4.78 is 59.5. The molecule has 0 saturated carbocycles. The highest BCUT2D eigenvalue weighted by atomic mass is 16.3. The van der Waals surface area contributed by atoms with Crippen LogP contribution in [0.1, 0.15) is 8.22 Å². The third-order valence-corrected chi connectivity index (χ3v) is 7.31. The lowest BCUT2D eigenvalue weighted by molar-refractivity contribution is 0.597. The molecule has 3 heterocycles. The molecule has 0 saturated heterocycles. The zero-order valence-electron chi connectivity index (χ0n) is 27.7. The summed E-state index contributed by atoms with van der Waals surface area (Å²) in [6, 6.07) is 30.4. The molecule has 8 aromatic rings. The fraction of sp³-hybridized carbons (Fsp3) is 0. The molecule has 8 rings (SSSR count). The first-order valence-corrected chi connectivity index (χ1v) is 13.3. The van der Waals surface area contributed by atoms with Crippen molar-refractivity contribution < 1.29 is 12.6 Å². The second-order valence-corrected chi connectivity index (χ2v) is 9.77. The van der Waals surface area contributed by atoms with Crippen molar-refractivity contribution in [3.63, 3.8) is 0 Å². The van der Waals surface area contributed by atoms with Crippen molar-refractivity contribution in [1.82, 2.24) is 9.97 Å². The number of aromatic nitrogens is 2. The summed E-state index contributed by atoms with van der Waals surface area (Å²) in [6.45, 7) is 0. The van der Waals surface area contributed by atoms with Crippen LogP contribution in [0.15, 0.2) is 150 Å². The molecular formula is C38H24N2O. The van der Waals surface area contributed by atoms with Crippen LogP contribution in [0.2, 0.25) is 0 Å². The van der Waals surface area contributed by atoms with Crippen LogP contribution in [-0.2, 0) is 0 Å². The SMILES string of the molecule is [2H]c1c([2H])c([2H])c2c(-c3ccc4ccc5cccnc5c4n3)c([2H])c([2H])c(-c3ccc(-c4ccc(-c5ccccc5)o4)cc3)c2c1[2H]. The zero-order chi connectivity index (χ0) is 32.4. The molecule has 0 N–H and O–H groups in total. The van der Waals surface area contributed by atoms with Crippen molar-refractivity contribution in [2.45, 2.75) is 0 Å². The van der Waals surface area contributed by atoms with Gasteiger partial charge < -0.3 is 4.42 Å².